The largest absolute Gasteiger partial charge is 0.338 e. The second-order valence-electron chi connectivity index (χ2n) is 6.34. The number of hydrogen-bond donors (Lipinski definition) is 0. The minimum atomic E-state index is 0.568. The number of benzene rings is 1. The summed E-state index contributed by atoms with van der Waals surface area (Å²) in [7, 11) is 0. The smallest absolute Gasteiger partial charge is 0.225 e. The van der Waals surface area contributed by atoms with Gasteiger partial charge in [-0.2, -0.15) is 0 Å². The summed E-state index contributed by atoms with van der Waals surface area (Å²) in [6, 6.07) is 13.3. The molecule has 23 heavy (non-hydrogen) atoms. The van der Waals surface area contributed by atoms with E-state index in [4.69, 9.17) is 0 Å². The molecule has 0 N–H and O–H groups in total. The van der Waals surface area contributed by atoms with E-state index in [0.29, 0.717) is 6.04 Å². The van der Waals surface area contributed by atoms with Gasteiger partial charge < -0.3 is 4.90 Å². The van der Waals surface area contributed by atoms with Gasteiger partial charge in [-0.3, -0.25) is 4.90 Å². The maximum atomic E-state index is 4.60. The third kappa shape index (κ3) is 4.08. The molecule has 1 fully saturated rings. The highest BCUT2D eigenvalue weighted by molar-refractivity contribution is 5.31. The van der Waals surface area contributed by atoms with Crippen molar-refractivity contribution in [2.45, 2.75) is 39.3 Å². The molecule has 4 heteroatoms. The van der Waals surface area contributed by atoms with Gasteiger partial charge in [0.15, 0.2) is 0 Å². The molecular weight excluding hydrogens is 284 g/mol. The van der Waals surface area contributed by atoms with Gasteiger partial charge in [-0.05, 0) is 25.0 Å². The number of anilines is 1. The number of nitrogens with zero attached hydrogens (tertiary/aromatic N) is 4. The Morgan fingerprint density at radius 3 is 2.70 bits per heavy atom. The van der Waals surface area contributed by atoms with Gasteiger partial charge in [-0.25, -0.2) is 9.97 Å². The summed E-state index contributed by atoms with van der Waals surface area (Å²) < 4.78 is 0. The second kappa shape index (κ2) is 7.55. The molecule has 1 aromatic heterocycles. The van der Waals surface area contributed by atoms with Crippen molar-refractivity contribution in [2.75, 3.05) is 24.5 Å². The molecular formula is C19H26N4. The first-order chi connectivity index (χ1) is 11.3. The lowest BCUT2D eigenvalue weighted by molar-refractivity contribution is 0.158. The van der Waals surface area contributed by atoms with Gasteiger partial charge in [0.25, 0.3) is 0 Å². The number of piperazine rings is 1. The zero-order valence-electron chi connectivity index (χ0n) is 14.2. The maximum Gasteiger partial charge on any atom is 0.225 e. The monoisotopic (exact) mass is 310 g/mol. The van der Waals surface area contributed by atoms with Gasteiger partial charge >= 0.3 is 0 Å². The van der Waals surface area contributed by atoms with Crippen LogP contribution in [0.4, 0.5) is 5.95 Å². The fourth-order valence-corrected chi connectivity index (χ4v) is 3.30. The molecule has 4 nitrogen and oxygen atoms in total. The predicted octanol–water partition coefficient (Wildman–Crippen LogP) is 3.28. The Hall–Kier alpha value is -1.94. The predicted molar refractivity (Wildman–Crippen MR) is 94.5 cm³/mol. The number of rotatable bonds is 5. The minimum absolute atomic E-state index is 0.568. The van der Waals surface area contributed by atoms with E-state index in [1.807, 2.05) is 19.2 Å². The highest BCUT2D eigenvalue weighted by Gasteiger charge is 2.27. The molecule has 2 heterocycles. The van der Waals surface area contributed by atoms with E-state index >= 15 is 0 Å². The third-order valence-electron chi connectivity index (χ3n) is 4.52. The summed E-state index contributed by atoms with van der Waals surface area (Å²) in [6.07, 6.45) is 4.29. The van der Waals surface area contributed by atoms with E-state index in [2.05, 4.69) is 57.0 Å². The van der Waals surface area contributed by atoms with Crippen LogP contribution in [0.5, 0.6) is 0 Å². The minimum Gasteiger partial charge on any atom is -0.338 e. The van der Waals surface area contributed by atoms with Gasteiger partial charge in [-0.1, -0.05) is 43.7 Å². The van der Waals surface area contributed by atoms with Crippen molar-refractivity contribution in [1.82, 2.24) is 14.9 Å². The van der Waals surface area contributed by atoms with Crippen LogP contribution in [0.25, 0.3) is 0 Å². The molecule has 1 aliphatic heterocycles. The average molecular weight is 310 g/mol. The van der Waals surface area contributed by atoms with Gasteiger partial charge in [0.05, 0.1) is 0 Å². The first kappa shape index (κ1) is 15.9. The fraction of sp³-hybridized carbons (Fsp3) is 0.474. The second-order valence-corrected chi connectivity index (χ2v) is 6.34. The van der Waals surface area contributed by atoms with E-state index in [1.54, 1.807) is 0 Å². The summed E-state index contributed by atoms with van der Waals surface area (Å²) in [5.74, 6) is 0.880. The molecule has 0 spiro atoms. The number of hydrogen-bond acceptors (Lipinski definition) is 4. The van der Waals surface area contributed by atoms with Gasteiger partial charge in [-0.15, -0.1) is 0 Å². The Morgan fingerprint density at radius 1 is 1.13 bits per heavy atom. The first-order valence-electron chi connectivity index (χ1n) is 8.59. The standard InChI is InChI=1S/C19H26N4/c1-3-7-18-15-23(19-20-11-10-16(2)21-19)13-12-22(18)14-17-8-5-4-6-9-17/h4-6,8-11,18H,3,7,12-15H2,1-2H3. The Bertz CT molecular complexity index is 614. The van der Waals surface area contributed by atoms with Crippen molar-refractivity contribution >= 4 is 5.95 Å². The van der Waals surface area contributed by atoms with Crippen LogP contribution in [0, 0.1) is 6.92 Å². The molecule has 0 aliphatic carbocycles. The summed E-state index contributed by atoms with van der Waals surface area (Å²) in [5.41, 5.74) is 2.43. The van der Waals surface area contributed by atoms with E-state index in [0.717, 1.165) is 37.8 Å². The molecule has 1 saturated heterocycles. The molecule has 0 bridgehead atoms. The molecule has 0 radical (unpaired) electrons. The highest BCUT2D eigenvalue weighted by atomic mass is 15.3. The molecule has 1 unspecified atom stereocenters. The summed E-state index contributed by atoms with van der Waals surface area (Å²) >= 11 is 0. The highest BCUT2D eigenvalue weighted by Crippen LogP contribution is 2.20. The van der Waals surface area contributed by atoms with Crippen molar-refractivity contribution in [3.8, 4) is 0 Å². The topological polar surface area (TPSA) is 32.3 Å². The zero-order valence-corrected chi connectivity index (χ0v) is 14.2. The van der Waals surface area contributed by atoms with Crippen molar-refractivity contribution in [3.63, 3.8) is 0 Å². The summed E-state index contributed by atoms with van der Waals surface area (Å²) in [6.45, 7) is 8.41. The molecule has 1 aliphatic rings. The lowest BCUT2D eigenvalue weighted by atomic mass is 10.1. The van der Waals surface area contributed by atoms with Crippen LogP contribution in [0.15, 0.2) is 42.6 Å². The first-order valence-corrected chi connectivity index (χ1v) is 8.59. The van der Waals surface area contributed by atoms with Gasteiger partial charge in [0, 0.05) is 44.1 Å². The Kier molecular flexibility index (Phi) is 5.23. The van der Waals surface area contributed by atoms with Crippen molar-refractivity contribution in [1.29, 1.82) is 0 Å². The van der Waals surface area contributed by atoms with Crippen LogP contribution in [0.2, 0.25) is 0 Å². The van der Waals surface area contributed by atoms with E-state index in [9.17, 15) is 0 Å². The van der Waals surface area contributed by atoms with Crippen molar-refractivity contribution in [3.05, 3.63) is 53.9 Å². The maximum absolute atomic E-state index is 4.60. The normalized spacial score (nSPS) is 19.0. The summed E-state index contributed by atoms with van der Waals surface area (Å²) in [5, 5.41) is 0. The molecule has 3 rings (SSSR count). The molecule has 1 atom stereocenters. The average Bonchev–Trinajstić information content (AvgIpc) is 2.57. The van der Waals surface area contributed by atoms with Crippen LogP contribution in [0.3, 0.4) is 0 Å². The number of aryl methyl sites for hydroxylation is 1. The Balaban J connectivity index is 1.70. The van der Waals surface area contributed by atoms with Crippen molar-refractivity contribution < 1.29 is 0 Å². The SMILES string of the molecule is CCCC1CN(c2nccc(C)n2)CCN1Cc1ccccc1. The summed E-state index contributed by atoms with van der Waals surface area (Å²) in [4.78, 5) is 14.0. The van der Waals surface area contributed by atoms with E-state index in [-0.39, 0.29) is 0 Å². The molecule has 0 amide bonds. The lowest BCUT2D eigenvalue weighted by Crippen LogP contribution is -2.53. The van der Waals surface area contributed by atoms with Crippen LogP contribution in [0.1, 0.15) is 31.0 Å². The quantitative estimate of drug-likeness (QED) is 0.848. The zero-order chi connectivity index (χ0) is 16.1. The van der Waals surface area contributed by atoms with Crippen molar-refractivity contribution in [2.24, 2.45) is 0 Å². The van der Waals surface area contributed by atoms with Crippen LogP contribution >= 0.6 is 0 Å². The number of aromatic nitrogens is 2. The van der Waals surface area contributed by atoms with Gasteiger partial charge in [0.2, 0.25) is 5.95 Å². The van der Waals surface area contributed by atoms with Gasteiger partial charge in [0.1, 0.15) is 0 Å². The Labute approximate surface area is 139 Å². The lowest BCUT2D eigenvalue weighted by Gasteiger charge is -2.41. The van der Waals surface area contributed by atoms with Crippen LogP contribution in [-0.4, -0.2) is 40.5 Å². The molecule has 122 valence electrons. The van der Waals surface area contributed by atoms with Crippen LogP contribution < -0.4 is 4.90 Å². The van der Waals surface area contributed by atoms with Crippen LogP contribution in [-0.2, 0) is 6.54 Å². The molecule has 1 aromatic carbocycles. The fourth-order valence-electron chi connectivity index (χ4n) is 3.30. The molecule has 2 aromatic rings. The van der Waals surface area contributed by atoms with E-state index < -0.39 is 0 Å². The molecule has 0 saturated carbocycles. The van der Waals surface area contributed by atoms with E-state index in [1.165, 1.54) is 18.4 Å². The Morgan fingerprint density at radius 2 is 1.96 bits per heavy atom. The third-order valence-corrected chi connectivity index (χ3v) is 4.52.